The number of methoxy groups -OCH3 is 1. The fourth-order valence-electron chi connectivity index (χ4n) is 2.00. The minimum absolute atomic E-state index is 0.107. The molecule has 0 radical (unpaired) electrons. The van der Waals surface area contributed by atoms with E-state index in [1.807, 2.05) is 18.2 Å². The van der Waals surface area contributed by atoms with Crippen molar-refractivity contribution in [2.45, 2.75) is 25.4 Å². The number of aliphatic hydroxyl groups excluding tert-OH is 1. The third-order valence-electron chi connectivity index (χ3n) is 3.20. The average molecular weight is 245 g/mol. The zero-order valence-electron chi connectivity index (χ0n) is 10.9. The van der Waals surface area contributed by atoms with Gasteiger partial charge in [-0.25, -0.2) is 0 Å². The molecule has 1 fully saturated rings. The Morgan fingerprint density at radius 3 is 2.83 bits per heavy atom. The molecule has 2 rings (SSSR count). The minimum atomic E-state index is -0.107. The van der Waals surface area contributed by atoms with Crippen LogP contribution >= 0.6 is 0 Å². The summed E-state index contributed by atoms with van der Waals surface area (Å²) in [6, 6.07) is 6.61. The zero-order chi connectivity index (χ0) is 13.0. The Bertz CT molecular complexity index is 469. The van der Waals surface area contributed by atoms with Crippen LogP contribution in [0.2, 0.25) is 0 Å². The molecule has 0 bridgehead atoms. The molecular formula is C15H19NO2. The summed E-state index contributed by atoms with van der Waals surface area (Å²) in [5, 5.41) is 8.79. The third-order valence-corrected chi connectivity index (χ3v) is 3.20. The molecule has 1 N–H and O–H groups in total. The fraction of sp³-hybridized carbons (Fsp3) is 0.467. The van der Waals surface area contributed by atoms with Crippen molar-refractivity contribution in [2.75, 3.05) is 20.8 Å². The van der Waals surface area contributed by atoms with Crippen molar-refractivity contribution in [3.05, 3.63) is 29.3 Å². The van der Waals surface area contributed by atoms with Gasteiger partial charge in [-0.05, 0) is 43.7 Å². The van der Waals surface area contributed by atoms with Gasteiger partial charge in [-0.15, -0.1) is 0 Å². The normalized spacial score (nSPS) is 14.2. The molecule has 1 saturated carbocycles. The van der Waals surface area contributed by atoms with Crippen molar-refractivity contribution < 1.29 is 9.84 Å². The molecule has 3 heteroatoms. The topological polar surface area (TPSA) is 32.7 Å². The van der Waals surface area contributed by atoms with Gasteiger partial charge in [-0.2, -0.15) is 0 Å². The van der Waals surface area contributed by atoms with Crippen LogP contribution in [0.25, 0.3) is 0 Å². The quantitative estimate of drug-likeness (QED) is 0.818. The molecule has 0 atom stereocenters. The molecule has 1 aromatic carbocycles. The summed E-state index contributed by atoms with van der Waals surface area (Å²) < 4.78 is 5.26. The van der Waals surface area contributed by atoms with Gasteiger partial charge in [-0.1, -0.05) is 11.8 Å². The van der Waals surface area contributed by atoms with E-state index in [1.54, 1.807) is 7.11 Å². The van der Waals surface area contributed by atoms with Crippen molar-refractivity contribution in [3.8, 4) is 17.6 Å². The van der Waals surface area contributed by atoms with Gasteiger partial charge in [0.05, 0.1) is 7.11 Å². The maximum atomic E-state index is 8.79. The summed E-state index contributed by atoms with van der Waals surface area (Å²) in [6.07, 6.45) is 2.58. The van der Waals surface area contributed by atoms with Gasteiger partial charge in [0.1, 0.15) is 12.4 Å². The Kier molecular flexibility index (Phi) is 4.24. The van der Waals surface area contributed by atoms with Gasteiger partial charge >= 0.3 is 0 Å². The number of nitrogens with zero attached hydrogens (tertiary/aromatic N) is 1. The smallest absolute Gasteiger partial charge is 0.119 e. The van der Waals surface area contributed by atoms with E-state index in [0.29, 0.717) is 0 Å². The summed E-state index contributed by atoms with van der Waals surface area (Å²) in [5.74, 6) is 6.55. The second kappa shape index (κ2) is 5.90. The van der Waals surface area contributed by atoms with Crippen LogP contribution in [0.3, 0.4) is 0 Å². The molecule has 0 spiro atoms. The van der Waals surface area contributed by atoms with Crippen molar-refractivity contribution in [2.24, 2.45) is 0 Å². The van der Waals surface area contributed by atoms with Crippen LogP contribution in [0.15, 0.2) is 18.2 Å². The highest BCUT2D eigenvalue weighted by molar-refractivity contribution is 5.45. The summed E-state index contributed by atoms with van der Waals surface area (Å²) in [6.45, 7) is 0.765. The first-order chi connectivity index (χ1) is 8.74. The van der Waals surface area contributed by atoms with E-state index >= 15 is 0 Å². The number of aliphatic hydroxyl groups is 1. The molecule has 3 nitrogen and oxygen atoms in total. The monoisotopic (exact) mass is 245 g/mol. The van der Waals surface area contributed by atoms with E-state index in [9.17, 15) is 0 Å². The largest absolute Gasteiger partial charge is 0.497 e. The minimum Gasteiger partial charge on any atom is -0.497 e. The van der Waals surface area contributed by atoms with Crippen molar-refractivity contribution in [3.63, 3.8) is 0 Å². The molecule has 1 aliphatic carbocycles. The lowest BCUT2D eigenvalue weighted by molar-refractivity contribution is 0.315. The standard InChI is InChI=1S/C15H19NO2/c1-16(14-6-7-14)11-13-10-15(18-2)8-5-12(13)4-3-9-17/h5,8,10,14,17H,6-7,9,11H2,1-2H3. The lowest BCUT2D eigenvalue weighted by atomic mass is 10.1. The van der Waals surface area contributed by atoms with E-state index in [2.05, 4.69) is 23.8 Å². The Morgan fingerprint density at radius 1 is 1.44 bits per heavy atom. The Morgan fingerprint density at radius 2 is 2.22 bits per heavy atom. The molecule has 1 aliphatic rings. The van der Waals surface area contributed by atoms with E-state index in [-0.39, 0.29) is 6.61 Å². The second-order valence-electron chi connectivity index (χ2n) is 4.63. The summed E-state index contributed by atoms with van der Waals surface area (Å²) in [4.78, 5) is 2.35. The second-order valence-corrected chi connectivity index (χ2v) is 4.63. The average Bonchev–Trinajstić information content (AvgIpc) is 3.21. The van der Waals surface area contributed by atoms with Gasteiger partial charge in [0.2, 0.25) is 0 Å². The zero-order valence-corrected chi connectivity index (χ0v) is 10.9. The predicted octanol–water partition coefficient (Wildman–Crippen LogP) is 1.63. The van der Waals surface area contributed by atoms with E-state index in [0.717, 1.165) is 29.5 Å². The van der Waals surface area contributed by atoms with Gasteiger partial charge < -0.3 is 9.84 Å². The third kappa shape index (κ3) is 3.25. The summed E-state index contributed by atoms with van der Waals surface area (Å²) in [7, 11) is 3.81. The fourth-order valence-corrected chi connectivity index (χ4v) is 2.00. The molecule has 0 aromatic heterocycles. The highest BCUT2D eigenvalue weighted by atomic mass is 16.5. The van der Waals surface area contributed by atoms with Crippen molar-refractivity contribution in [1.29, 1.82) is 0 Å². The highest BCUT2D eigenvalue weighted by Crippen LogP contribution is 2.28. The van der Waals surface area contributed by atoms with Gasteiger partial charge in [0.15, 0.2) is 0 Å². The van der Waals surface area contributed by atoms with Crippen LogP contribution in [0.4, 0.5) is 0 Å². The van der Waals surface area contributed by atoms with Gasteiger partial charge in [-0.3, -0.25) is 4.90 Å². The van der Waals surface area contributed by atoms with Crippen LogP contribution in [0.5, 0.6) is 5.75 Å². The van der Waals surface area contributed by atoms with Crippen LogP contribution in [-0.4, -0.2) is 36.8 Å². The maximum absolute atomic E-state index is 8.79. The first-order valence-corrected chi connectivity index (χ1v) is 6.21. The number of hydrogen-bond donors (Lipinski definition) is 1. The molecule has 0 amide bonds. The first kappa shape index (κ1) is 12.9. The number of benzene rings is 1. The molecule has 0 saturated heterocycles. The maximum Gasteiger partial charge on any atom is 0.119 e. The summed E-state index contributed by atoms with van der Waals surface area (Å²) in [5.41, 5.74) is 2.13. The van der Waals surface area contributed by atoms with Crippen molar-refractivity contribution >= 4 is 0 Å². The Balaban J connectivity index is 2.21. The first-order valence-electron chi connectivity index (χ1n) is 6.21. The Hall–Kier alpha value is -1.50. The molecule has 18 heavy (non-hydrogen) atoms. The summed E-state index contributed by atoms with van der Waals surface area (Å²) >= 11 is 0. The van der Waals surface area contributed by atoms with Crippen LogP contribution in [0, 0.1) is 11.8 Å². The highest BCUT2D eigenvalue weighted by Gasteiger charge is 2.26. The van der Waals surface area contributed by atoms with E-state index in [1.165, 1.54) is 12.8 Å². The number of rotatable bonds is 4. The van der Waals surface area contributed by atoms with Gasteiger partial charge in [0, 0.05) is 18.2 Å². The SMILES string of the molecule is COc1ccc(C#CCO)c(CN(C)C2CC2)c1. The van der Waals surface area contributed by atoms with Crippen molar-refractivity contribution in [1.82, 2.24) is 4.90 Å². The van der Waals surface area contributed by atoms with E-state index < -0.39 is 0 Å². The number of ether oxygens (including phenoxy) is 1. The molecule has 1 aromatic rings. The molecule has 0 aliphatic heterocycles. The van der Waals surface area contributed by atoms with Crippen LogP contribution in [-0.2, 0) is 6.54 Å². The lowest BCUT2D eigenvalue weighted by Gasteiger charge is -2.17. The van der Waals surface area contributed by atoms with Crippen LogP contribution < -0.4 is 4.74 Å². The molecule has 96 valence electrons. The number of hydrogen-bond acceptors (Lipinski definition) is 3. The molecule has 0 unspecified atom stereocenters. The van der Waals surface area contributed by atoms with Crippen LogP contribution in [0.1, 0.15) is 24.0 Å². The van der Waals surface area contributed by atoms with E-state index in [4.69, 9.17) is 9.84 Å². The lowest BCUT2D eigenvalue weighted by Crippen LogP contribution is -2.20. The molecule has 0 heterocycles. The van der Waals surface area contributed by atoms with Gasteiger partial charge in [0.25, 0.3) is 0 Å². The predicted molar refractivity (Wildman–Crippen MR) is 71.4 cm³/mol. The Labute approximate surface area is 108 Å². The molecular weight excluding hydrogens is 226 g/mol.